The van der Waals surface area contributed by atoms with Crippen LogP contribution in [0.4, 0.5) is 5.69 Å². The topological polar surface area (TPSA) is 86.8 Å². The number of fused-ring (bicyclic) bond motifs is 1. The Kier molecular flexibility index (Phi) is 3.59. The number of benzene rings is 2. The molecule has 21 heavy (non-hydrogen) atoms. The maximum absolute atomic E-state index is 11.2. The van der Waals surface area contributed by atoms with Crippen molar-refractivity contribution in [1.29, 1.82) is 0 Å². The fourth-order valence-electron chi connectivity index (χ4n) is 2.30. The van der Waals surface area contributed by atoms with Crippen LogP contribution >= 0.6 is 11.8 Å². The molecule has 1 amide bonds. The number of primary amides is 1. The lowest BCUT2D eigenvalue weighted by Gasteiger charge is -2.19. The van der Waals surface area contributed by atoms with Crippen molar-refractivity contribution < 1.29 is 15.1 Å². The largest absolute Gasteiger partial charge is 0.392 e. The molecule has 0 aliphatic carbocycles. The lowest BCUT2D eigenvalue weighted by atomic mass is 10.1. The summed E-state index contributed by atoms with van der Waals surface area (Å²) in [6.07, 6.45) is 0. The Morgan fingerprint density at radius 3 is 2.81 bits per heavy atom. The molecule has 5 nitrogen and oxygen atoms in total. The van der Waals surface area contributed by atoms with Gasteiger partial charge in [0.05, 0.1) is 12.3 Å². The van der Waals surface area contributed by atoms with Crippen molar-refractivity contribution in [3.8, 4) is 0 Å². The Morgan fingerprint density at radius 2 is 2.10 bits per heavy atom. The molecule has 1 unspecified atom stereocenters. The second-order valence-electron chi connectivity index (χ2n) is 4.76. The van der Waals surface area contributed by atoms with Crippen molar-refractivity contribution in [1.82, 2.24) is 0 Å². The van der Waals surface area contributed by atoms with Crippen molar-refractivity contribution in [2.24, 2.45) is 5.73 Å². The Bertz CT molecular complexity index is 705. The van der Waals surface area contributed by atoms with E-state index in [2.05, 4.69) is 0 Å². The summed E-state index contributed by atoms with van der Waals surface area (Å²) >= 11 is 1.43. The number of hydrogen-bond acceptors (Lipinski definition) is 5. The monoisotopic (exact) mass is 302 g/mol. The van der Waals surface area contributed by atoms with Crippen molar-refractivity contribution in [2.45, 2.75) is 16.9 Å². The van der Waals surface area contributed by atoms with Gasteiger partial charge in [-0.15, -0.1) is 0 Å². The molecule has 108 valence electrons. The molecule has 0 fully saturated rings. The van der Waals surface area contributed by atoms with Gasteiger partial charge in [0.2, 0.25) is 5.91 Å². The van der Waals surface area contributed by atoms with Gasteiger partial charge in [0.1, 0.15) is 5.37 Å². The molecule has 0 bridgehead atoms. The first kappa shape index (κ1) is 13.9. The smallest absolute Gasteiger partial charge is 0.248 e. The minimum absolute atomic E-state index is 0.0462. The Morgan fingerprint density at radius 1 is 1.29 bits per heavy atom. The molecule has 6 heteroatoms. The van der Waals surface area contributed by atoms with Crippen LogP contribution < -0.4 is 10.8 Å². The highest BCUT2D eigenvalue weighted by atomic mass is 32.2. The van der Waals surface area contributed by atoms with Gasteiger partial charge in [-0.3, -0.25) is 10.0 Å². The van der Waals surface area contributed by atoms with Crippen molar-refractivity contribution in [3.05, 3.63) is 59.2 Å². The minimum atomic E-state index is -0.492. The van der Waals surface area contributed by atoms with Gasteiger partial charge in [0.15, 0.2) is 0 Å². The van der Waals surface area contributed by atoms with Gasteiger partial charge in [0.25, 0.3) is 0 Å². The third-order valence-corrected chi connectivity index (χ3v) is 4.65. The normalized spacial score (nSPS) is 16.9. The molecule has 4 N–H and O–H groups in total. The molecular weight excluding hydrogens is 288 g/mol. The summed E-state index contributed by atoms with van der Waals surface area (Å²) in [5.41, 5.74) is 8.00. The molecule has 1 atom stereocenters. The fourth-order valence-corrected chi connectivity index (χ4v) is 3.52. The van der Waals surface area contributed by atoms with E-state index < -0.39 is 5.91 Å². The zero-order valence-electron chi connectivity index (χ0n) is 11.1. The van der Waals surface area contributed by atoms with E-state index in [1.807, 2.05) is 24.3 Å². The van der Waals surface area contributed by atoms with Crippen molar-refractivity contribution >= 4 is 23.4 Å². The molecule has 0 radical (unpaired) electrons. The zero-order chi connectivity index (χ0) is 15.0. The quantitative estimate of drug-likeness (QED) is 0.809. The molecule has 0 saturated heterocycles. The van der Waals surface area contributed by atoms with E-state index in [0.29, 0.717) is 11.3 Å². The Labute approximate surface area is 126 Å². The summed E-state index contributed by atoms with van der Waals surface area (Å²) in [5.74, 6) is -0.492. The molecule has 2 aromatic carbocycles. The lowest BCUT2D eigenvalue weighted by molar-refractivity contribution is 0.1000. The first-order valence-corrected chi connectivity index (χ1v) is 7.26. The number of anilines is 1. The standard InChI is InChI=1S/C15H14N2O3S/c16-14(19)10-4-5-12-13(7-10)21-15(17(12)20)11-3-1-2-9(6-11)8-18/h1-7,15,18,20H,8H2,(H2,16,19). The number of amides is 1. The second-order valence-corrected chi connectivity index (χ2v) is 5.89. The summed E-state index contributed by atoms with van der Waals surface area (Å²) in [4.78, 5) is 12.0. The number of rotatable bonds is 3. The Balaban J connectivity index is 1.95. The number of nitrogens with two attached hydrogens (primary N) is 1. The van der Waals surface area contributed by atoms with Crippen LogP contribution in [0.15, 0.2) is 47.4 Å². The first-order valence-electron chi connectivity index (χ1n) is 6.38. The lowest BCUT2D eigenvalue weighted by Crippen LogP contribution is -2.18. The van der Waals surface area contributed by atoms with E-state index in [-0.39, 0.29) is 12.0 Å². The van der Waals surface area contributed by atoms with Gasteiger partial charge < -0.3 is 10.8 Å². The molecule has 0 aromatic heterocycles. The van der Waals surface area contributed by atoms with Gasteiger partial charge in [0, 0.05) is 10.5 Å². The van der Waals surface area contributed by atoms with Crippen LogP contribution in [0.2, 0.25) is 0 Å². The fraction of sp³-hybridized carbons (Fsp3) is 0.133. The molecule has 1 aliphatic heterocycles. The van der Waals surface area contributed by atoms with Crippen LogP contribution in [0, 0.1) is 0 Å². The first-order chi connectivity index (χ1) is 10.1. The molecule has 3 rings (SSSR count). The molecule has 1 aliphatic rings. The molecule has 1 heterocycles. The number of thioether (sulfide) groups is 1. The predicted octanol–water partition coefficient (Wildman–Crippen LogP) is 2.28. The number of carbonyl (C=O) groups is 1. The van der Waals surface area contributed by atoms with Gasteiger partial charge in [-0.2, -0.15) is 0 Å². The van der Waals surface area contributed by atoms with Crippen LogP contribution in [-0.4, -0.2) is 16.2 Å². The van der Waals surface area contributed by atoms with E-state index >= 15 is 0 Å². The van der Waals surface area contributed by atoms with Gasteiger partial charge in [-0.1, -0.05) is 36.0 Å². The summed E-state index contributed by atoms with van der Waals surface area (Å²) < 4.78 is 0. The highest BCUT2D eigenvalue weighted by Crippen LogP contribution is 2.50. The maximum Gasteiger partial charge on any atom is 0.248 e. The highest BCUT2D eigenvalue weighted by molar-refractivity contribution is 8.00. The SMILES string of the molecule is NC(=O)c1ccc2c(c1)SC(c1cccc(CO)c1)N2O. The Hall–Kier alpha value is -2.02. The van der Waals surface area contributed by atoms with E-state index in [4.69, 9.17) is 5.73 Å². The van der Waals surface area contributed by atoms with Gasteiger partial charge in [-0.25, -0.2) is 5.06 Å². The minimum Gasteiger partial charge on any atom is -0.392 e. The van der Waals surface area contributed by atoms with Crippen LogP contribution in [0.3, 0.4) is 0 Å². The molecule has 2 aromatic rings. The van der Waals surface area contributed by atoms with Gasteiger partial charge in [-0.05, 0) is 29.3 Å². The van der Waals surface area contributed by atoms with Crippen LogP contribution in [-0.2, 0) is 6.61 Å². The van der Waals surface area contributed by atoms with Crippen molar-refractivity contribution in [3.63, 3.8) is 0 Å². The third kappa shape index (κ3) is 2.49. The molecular formula is C15H14N2O3S. The van der Waals surface area contributed by atoms with Crippen LogP contribution in [0.5, 0.6) is 0 Å². The van der Waals surface area contributed by atoms with Crippen LogP contribution in [0.25, 0.3) is 0 Å². The molecule has 0 saturated carbocycles. The third-order valence-electron chi connectivity index (χ3n) is 3.37. The number of aliphatic hydroxyl groups is 1. The van der Waals surface area contributed by atoms with Gasteiger partial charge >= 0.3 is 0 Å². The molecule has 0 spiro atoms. The summed E-state index contributed by atoms with van der Waals surface area (Å²) in [6, 6.07) is 12.4. The number of carbonyl (C=O) groups excluding carboxylic acids is 1. The highest BCUT2D eigenvalue weighted by Gasteiger charge is 2.31. The second kappa shape index (κ2) is 5.40. The van der Waals surface area contributed by atoms with E-state index in [0.717, 1.165) is 16.0 Å². The zero-order valence-corrected chi connectivity index (χ0v) is 11.9. The summed E-state index contributed by atoms with van der Waals surface area (Å²) in [6.45, 7) is -0.0462. The van der Waals surface area contributed by atoms with Crippen LogP contribution in [0.1, 0.15) is 26.9 Å². The number of hydrogen-bond donors (Lipinski definition) is 3. The summed E-state index contributed by atoms with van der Waals surface area (Å²) in [5, 5.41) is 20.4. The van der Waals surface area contributed by atoms with Crippen molar-refractivity contribution in [2.75, 3.05) is 5.06 Å². The predicted molar refractivity (Wildman–Crippen MR) is 80.2 cm³/mol. The average molecular weight is 302 g/mol. The number of nitrogens with zero attached hydrogens (tertiary/aromatic N) is 1. The summed E-state index contributed by atoms with van der Waals surface area (Å²) in [7, 11) is 0. The maximum atomic E-state index is 11.2. The van der Waals surface area contributed by atoms with E-state index in [1.165, 1.54) is 16.8 Å². The van der Waals surface area contributed by atoms with E-state index in [9.17, 15) is 15.1 Å². The average Bonchev–Trinajstić information content (AvgIpc) is 2.84. The number of hydroxylamine groups is 1. The number of aliphatic hydroxyl groups excluding tert-OH is 1. The van der Waals surface area contributed by atoms with E-state index in [1.54, 1.807) is 18.2 Å².